The first-order valence-electron chi connectivity index (χ1n) is 7.97. The van der Waals surface area contributed by atoms with E-state index in [0.717, 1.165) is 6.42 Å². The minimum Gasteiger partial charge on any atom is -0.465 e. The number of piperidine rings is 1. The van der Waals surface area contributed by atoms with Crippen molar-refractivity contribution in [3.63, 3.8) is 0 Å². The molecular formula is C17H25NO6. The van der Waals surface area contributed by atoms with E-state index in [0.29, 0.717) is 19.4 Å². The predicted octanol–water partition coefficient (Wildman–Crippen LogP) is 1.26. The SMILES string of the molecule is C=CCOC(=O)[C@@H]1CCCCN1C(=O)C(=O)C(C)(C)COC(C)=O. The number of hydrogen-bond donors (Lipinski definition) is 0. The number of carbonyl (C=O) groups excluding carboxylic acids is 4. The van der Waals surface area contributed by atoms with Crippen molar-refractivity contribution < 1.29 is 28.7 Å². The number of ketones is 1. The zero-order valence-corrected chi connectivity index (χ0v) is 14.5. The Kier molecular flexibility index (Phi) is 7.13. The van der Waals surface area contributed by atoms with Gasteiger partial charge in [0, 0.05) is 13.5 Å². The molecule has 1 aliphatic heterocycles. The average molecular weight is 339 g/mol. The number of nitrogens with zero attached hydrogens (tertiary/aromatic N) is 1. The molecule has 0 unspecified atom stereocenters. The van der Waals surface area contributed by atoms with Gasteiger partial charge in [-0.25, -0.2) is 4.79 Å². The molecule has 134 valence electrons. The van der Waals surface area contributed by atoms with Crippen LogP contribution < -0.4 is 0 Å². The van der Waals surface area contributed by atoms with Crippen molar-refractivity contribution in [2.45, 2.75) is 46.1 Å². The first kappa shape index (κ1) is 19.9. The molecule has 7 heteroatoms. The Morgan fingerprint density at radius 3 is 2.46 bits per heavy atom. The lowest BCUT2D eigenvalue weighted by molar-refractivity contribution is -0.161. The molecule has 1 heterocycles. The minimum absolute atomic E-state index is 0.0588. The van der Waals surface area contributed by atoms with Crippen molar-refractivity contribution in [2.75, 3.05) is 19.8 Å². The van der Waals surface area contributed by atoms with Crippen molar-refractivity contribution in [3.05, 3.63) is 12.7 Å². The van der Waals surface area contributed by atoms with Crippen LogP contribution in [0.2, 0.25) is 0 Å². The van der Waals surface area contributed by atoms with Crippen LogP contribution in [0.3, 0.4) is 0 Å². The number of likely N-dealkylation sites (tertiary alicyclic amines) is 1. The average Bonchev–Trinajstić information content (AvgIpc) is 2.56. The largest absolute Gasteiger partial charge is 0.465 e. The van der Waals surface area contributed by atoms with Gasteiger partial charge < -0.3 is 14.4 Å². The van der Waals surface area contributed by atoms with Crippen LogP contribution >= 0.6 is 0 Å². The molecule has 1 fully saturated rings. The Hall–Kier alpha value is -2.18. The van der Waals surface area contributed by atoms with Crippen molar-refractivity contribution >= 4 is 23.6 Å². The summed E-state index contributed by atoms with van der Waals surface area (Å²) in [7, 11) is 0. The zero-order chi connectivity index (χ0) is 18.3. The topological polar surface area (TPSA) is 90.0 Å². The summed E-state index contributed by atoms with van der Waals surface area (Å²) in [4.78, 5) is 49.4. The molecule has 1 saturated heterocycles. The molecule has 1 aliphatic rings. The van der Waals surface area contributed by atoms with Gasteiger partial charge in [-0.2, -0.15) is 0 Å². The molecule has 0 radical (unpaired) electrons. The second kappa shape index (κ2) is 8.61. The second-order valence-corrected chi connectivity index (χ2v) is 6.42. The fraction of sp³-hybridized carbons (Fsp3) is 0.647. The van der Waals surface area contributed by atoms with Gasteiger partial charge in [0.15, 0.2) is 0 Å². The molecule has 0 saturated carbocycles. The van der Waals surface area contributed by atoms with Crippen LogP contribution in [0.25, 0.3) is 0 Å². The highest BCUT2D eigenvalue weighted by atomic mass is 16.5. The van der Waals surface area contributed by atoms with E-state index >= 15 is 0 Å². The van der Waals surface area contributed by atoms with Gasteiger partial charge >= 0.3 is 11.9 Å². The highest BCUT2D eigenvalue weighted by Gasteiger charge is 2.41. The van der Waals surface area contributed by atoms with Crippen molar-refractivity contribution in [1.29, 1.82) is 0 Å². The zero-order valence-electron chi connectivity index (χ0n) is 14.5. The maximum absolute atomic E-state index is 12.6. The summed E-state index contributed by atoms with van der Waals surface area (Å²) in [5.74, 6) is -2.49. The number of Topliss-reactive ketones (excluding diaryl/α,β-unsaturated/α-hetero) is 1. The van der Waals surface area contributed by atoms with Gasteiger partial charge in [-0.1, -0.05) is 12.7 Å². The standard InChI is InChI=1S/C17H25NO6/c1-5-10-23-16(22)13-8-6-7-9-18(13)15(21)14(20)17(3,4)11-24-12(2)19/h5,13H,1,6-11H2,2-4H3/t13-/m0/s1. The van der Waals surface area contributed by atoms with Gasteiger partial charge in [0.05, 0.1) is 5.41 Å². The molecule has 0 spiro atoms. The van der Waals surface area contributed by atoms with E-state index in [9.17, 15) is 19.2 Å². The Balaban J connectivity index is 2.84. The van der Waals surface area contributed by atoms with Crippen LogP contribution in [0.4, 0.5) is 0 Å². The molecule has 0 aliphatic carbocycles. The Morgan fingerprint density at radius 2 is 1.88 bits per heavy atom. The summed E-state index contributed by atoms with van der Waals surface area (Å²) < 4.78 is 9.88. The number of ether oxygens (including phenoxy) is 2. The van der Waals surface area contributed by atoms with Gasteiger partial charge in [-0.05, 0) is 33.1 Å². The number of hydrogen-bond acceptors (Lipinski definition) is 6. The fourth-order valence-electron chi connectivity index (χ4n) is 2.42. The summed E-state index contributed by atoms with van der Waals surface area (Å²) in [6, 6.07) is -0.764. The van der Waals surface area contributed by atoms with Crippen molar-refractivity contribution in [2.24, 2.45) is 5.41 Å². The van der Waals surface area contributed by atoms with Gasteiger partial charge in [0.1, 0.15) is 19.3 Å². The van der Waals surface area contributed by atoms with Crippen LogP contribution in [-0.4, -0.2) is 54.3 Å². The number of carbonyl (C=O) groups is 4. The Bertz CT molecular complexity index is 525. The maximum Gasteiger partial charge on any atom is 0.329 e. The maximum atomic E-state index is 12.6. The van der Waals surface area contributed by atoms with E-state index < -0.39 is 35.1 Å². The third-order valence-electron chi connectivity index (χ3n) is 3.82. The Labute approximate surface area is 142 Å². The Morgan fingerprint density at radius 1 is 1.21 bits per heavy atom. The summed E-state index contributed by atoms with van der Waals surface area (Å²) in [6.45, 7) is 7.97. The van der Waals surface area contributed by atoms with E-state index in [-0.39, 0.29) is 13.2 Å². The molecule has 1 amide bonds. The van der Waals surface area contributed by atoms with Gasteiger partial charge in [0.25, 0.3) is 5.91 Å². The third-order valence-corrected chi connectivity index (χ3v) is 3.82. The fourth-order valence-corrected chi connectivity index (χ4v) is 2.42. The number of amides is 1. The van der Waals surface area contributed by atoms with Gasteiger partial charge in [-0.15, -0.1) is 0 Å². The van der Waals surface area contributed by atoms with E-state index in [2.05, 4.69) is 6.58 Å². The second-order valence-electron chi connectivity index (χ2n) is 6.42. The van der Waals surface area contributed by atoms with Crippen LogP contribution in [0, 0.1) is 5.41 Å². The third kappa shape index (κ3) is 5.18. The summed E-state index contributed by atoms with van der Waals surface area (Å²) in [6.07, 6.45) is 3.40. The summed E-state index contributed by atoms with van der Waals surface area (Å²) in [5, 5.41) is 0. The predicted molar refractivity (Wildman–Crippen MR) is 85.9 cm³/mol. The van der Waals surface area contributed by atoms with Crippen LogP contribution in [0.15, 0.2) is 12.7 Å². The molecule has 1 rings (SSSR count). The molecule has 0 aromatic carbocycles. The molecule has 0 aromatic heterocycles. The van der Waals surface area contributed by atoms with Gasteiger partial charge in [0.2, 0.25) is 5.78 Å². The normalized spacial score (nSPS) is 17.8. The quantitative estimate of drug-likeness (QED) is 0.394. The number of rotatable bonds is 7. The molecule has 1 atom stereocenters. The minimum atomic E-state index is -1.16. The summed E-state index contributed by atoms with van der Waals surface area (Å²) >= 11 is 0. The van der Waals surface area contributed by atoms with Gasteiger partial charge in [-0.3, -0.25) is 14.4 Å². The highest BCUT2D eigenvalue weighted by molar-refractivity contribution is 6.38. The van der Waals surface area contributed by atoms with Crippen molar-refractivity contribution in [3.8, 4) is 0 Å². The van der Waals surface area contributed by atoms with Crippen LogP contribution in [0.1, 0.15) is 40.0 Å². The lowest BCUT2D eigenvalue weighted by Crippen LogP contribution is -2.53. The highest BCUT2D eigenvalue weighted by Crippen LogP contribution is 2.23. The number of esters is 2. The van der Waals surface area contributed by atoms with Crippen LogP contribution in [0.5, 0.6) is 0 Å². The first-order chi connectivity index (χ1) is 11.2. The molecule has 0 aromatic rings. The lowest BCUT2D eigenvalue weighted by atomic mass is 9.87. The van der Waals surface area contributed by atoms with E-state index in [1.54, 1.807) is 0 Å². The molecular weight excluding hydrogens is 314 g/mol. The molecule has 0 N–H and O–H groups in total. The molecule has 7 nitrogen and oxygen atoms in total. The van der Waals surface area contributed by atoms with E-state index in [4.69, 9.17) is 9.47 Å². The molecule has 0 bridgehead atoms. The monoisotopic (exact) mass is 339 g/mol. The van der Waals surface area contributed by atoms with Crippen LogP contribution in [-0.2, 0) is 28.7 Å². The first-order valence-corrected chi connectivity index (χ1v) is 7.97. The van der Waals surface area contributed by atoms with E-state index in [1.165, 1.54) is 31.7 Å². The summed E-state index contributed by atoms with van der Waals surface area (Å²) in [5.41, 5.74) is -1.16. The molecule has 24 heavy (non-hydrogen) atoms. The van der Waals surface area contributed by atoms with E-state index in [1.807, 2.05) is 0 Å². The van der Waals surface area contributed by atoms with Crippen molar-refractivity contribution in [1.82, 2.24) is 4.90 Å². The lowest BCUT2D eigenvalue weighted by Gasteiger charge is -2.35. The smallest absolute Gasteiger partial charge is 0.329 e.